The standard InChI is InChI=1S/C54H34N2S/c1-3-12-35(13-4-1)37-24-29-51-47(32-37)48-34-39(38-25-30-50-46(33-38)43-16-7-9-20-49(43)55(50)40-14-5-2-6-15-40)26-31-52(48)56(51)41-27-22-36(23-28-41)42-18-11-19-45-44-17-8-10-21-53(44)57-54(42)45/h1-34H. The van der Waals surface area contributed by atoms with Crippen LogP contribution in [-0.4, -0.2) is 9.13 Å². The second-order valence-corrected chi connectivity index (χ2v) is 16.0. The van der Waals surface area contributed by atoms with Crippen molar-refractivity contribution in [1.29, 1.82) is 0 Å². The first-order valence-corrected chi connectivity index (χ1v) is 20.3. The summed E-state index contributed by atoms with van der Waals surface area (Å²) in [6.07, 6.45) is 0. The summed E-state index contributed by atoms with van der Waals surface area (Å²) in [6.45, 7) is 0. The normalized spacial score (nSPS) is 11.9. The zero-order valence-electron chi connectivity index (χ0n) is 30.9. The molecule has 0 saturated heterocycles. The van der Waals surface area contributed by atoms with Crippen molar-refractivity contribution < 1.29 is 0 Å². The molecule has 0 fully saturated rings. The molecule has 12 aromatic rings. The molecule has 3 heteroatoms. The van der Waals surface area contributed by atoms with Crippen molar-refractivity contribution in [2.24, 2.45) is 0 Å². The maximum absolute atomic E-state index is 2.43. The van der Waals surface area contributed by atoms with Crippen LogP contribution in [0, 0.1) is 0 Å². The van der Waals surface area contributed by atoms with E-state index in [1.165, 1.54) is 103 Å². The second kappa shape index (κ2) is 12.7. The van der Waals surface area contributed by atoms with Crippen LogP contribution in [0.25, 0.3) is 109 Å². The maximum atomic E-state index is 2.43. The minimum Gasteiger partial charge on any atom is -0.309 e. The summed E-state index contributed by atoms with van der Waals surface area (Å²) in [5, 5.41) is 7.66. The first-order chi connectivity index (χ1) is 28.3. The molecule has 57 heavy (non-hydrogen) atoms. The molecule has 0 atom stereocenters. The average Bonchev–Trinajstić information content (AvgIpc) is 3.94. The Labute approximate surface area is 333 Å². The van der Waals surface area contributed by atoms with Crippen LogP contribution >= 0.6 is 11.3 Å². The Bertz CT molecular complexity index is 3490. The number of hydrogen-bond donors (Lipinski definition) is 0. The minimum atomic E-state index is 1.15. The van der Waals surface area contributed by atoms with E-state index in [1.807, 2.05) is 11.3 Å². The van der Waals surface area contributed by atoms with Crippen LogP contribution in [0.3, 0.4) is 0 Å². The van der Waals surface area contributed by atoms with Gasteiger partial charge in [0.15, 0.2) is 0 Å². The maximum Gasteiger partial charge on any atom is 0.0541 e. The van der Waals surface area contributed by atoms with Crippen molar-refractivity contribution in [2.75, 3.05) is 0 Å². The molecule has 0 radical (unpaired) electrons. The predicted molar refractivity (Wildman–Crippen MR) is 244 cm³/mol. The molecule has 12 rings (SSSR count). The summed E-state index contributed by atoms with van der Waals surface area (Å²) in [4.78, 5) is 0. The predicted octanol–water partition coefficient (Wildman–Crippen LogP) is 15.2. The van der Waals surface area contributed by atoms with Gasteiger partial charge in [0.05, 0.1) is 22.1 Å². The molecule has 0 bridgehead atoms. The lowest BCUT2D eigenvalue weighted by molar-refractivity contribution is 1.18. The quantitative estimate of drug-likeness (QED) is 0.166. The lowest BCUT2D eigenvalue weighted by Gasteiger charge is -2.11. The Morgan fingerprint density at radius 1 is 0.281 bits per heavy atom. The van der Waals surface area contributed by atoms with E-state index in [1.54, 1.807) is 0 Å². The Morgan fingerprint density at radius 2 is 0.754 bits per heavy atom. The van der Waals surface area contributed by atoms with Crippen molar-refractivity contribution in [3.63, 3.8) is 0 Å². The van der Waals surface area contributed by atoms with Crippen molar-refractivity contribution in [3.05, 3.63) is 206 Å². The average molecular weight is 743 g/mol. The van der Waals surface area contributed by atoms with Crippen LogP contribution in [0.1, 0.15) is 0 Å². The number of rotatable bonds is 5. The number of para-hydroxylation sites is 2. The zero-order chi connectivity index (χ0) is 37.5. The molecule has 3 heterocycles. The Morgan fingerprint density at radius 3 is 1.42 bits per heavy atom. The van der Waals surface area contributed by atoms with Crippen LogP contribution in [0.2, 0.25) is 0 Å². The van der Waals surface area contributed by atoms with Gasteiger partial charge in [-0.3, -0.25) is 0 Å². The number of thiophene rings is 1. The van der Waals surface area contributed by atoms with Gasteiger partial charge in [-0.2, -0.15) is 0 Å². The molecule has 0 aliphatic carbocycles. The van der Waals surface area contributed by atoms with Gasteiger partial charge in [-0.15, -0.1) is 11.3 Å². The Hall–Kier alpha value is -7.20. The van der Waals surface area contributed by atoms with Gasteiger partial charge < -0.3 is 9.13 Å². The summed E-state index contributed by atoms with van der Waals surface area (Å²) in [6, 6.07) is 75.6. The number of benzene rings is 9. The smallest absolute Gasteiger partial charge is 0.0541 e. The minimum absolute atomic E-state index is 1.15. The Kier molecular flexibility index (Phi) is 7.13. The van der Waals surface area contributed by atoms with E-state index in [0.29, 0.717) is 0 Å². The summed E-state index contributed by atoms with van der Waals surface area (Å²) in [7, 11) is 0. The van der Waals surface area contributed by atoms with E-state index in [9.17, 15) is 0 Å². The third kappa shape index (κ3) is 5.03. The molecule has 0 N–H and O–H groups in total. The highest BCUT2D eigenvalue weighted by molar-refractivity contribution is 7.26. The number of nitrogens with zero attached hydrogens (tertiary/aromatic N) is 2. The first kappa shape index (κ1) is 32.1. The van der Waals surface area contributed by atoms with Crippen molar-refractivity contribution in [2.45, 2.75) is 0 Å². The lowest BCUT2D eigenvalue weighted by Crippen LogP contribution is -1.94. The highest BCUT2D eigenvalue weighted by Crippen LogP contribution is 2.42. The topological polar surface area (TPSA) is 9.86 Å². The monoisotopic (exact) mass is 742 g/mol. The molecular weight excluding hydrogens is 709 g/mol. The SMILES string of the molecule is c1ccc(-c2ccc3c(c2)c2cc(-c4ccc5c(c4)c4ccccc4n5-c4ccccc4)ccc2n3-c2ccc(-c3cccc4c3sc3ccccc34)cc2)cc1. The molecule has 0 aliphatic heterocycles. The third-order valence-corrected chi connectivity index (χ3v) is 13.0. The fourth-order valence-corrected chi connectivity index (χ4v) is 10.3. The van der Waals surface area contributed by atoms with Gasteiger partial charge in [0, 0.05) is 53.1 Å². The lowest BCUT2D eigenvalue weighted by atomic mass is 9.99. The fraction of sp³-hybridized carbons (Fsp3) is 0. The van der Waals surface area contributed by atoms with Crippen LogP contribution in [-0.2, 0) is 0 Å². The van der Waals surface area contributed by atoms with E-state index < -0.39 is 0 Å². The van der Waals surface area contributed by atoms with Crippen LogP contribution in [0.15, 0.2) is 206 Å². The third-order valence-electron chi connectivity index (χ3n) is 11.7. The molecule has 0 spiro atoms. The first-order valence-electron chi connectivity index (χ1n) is 19.5. The fourth-order valence-electron chi connectivity index (χ4n) is 9.06. The van der Waals surface area contributed by atoms with E-state index in [4.69, 9.17) is 0 Å². The molecule has 0 aliphatic rings. The molecule has 0 amide bonds. The summed E-state index contributed by atoms with van der Waals surface area (Å²) in [5.41, 5.74) is 14.5. The number of fused-ring (bicyclic) bond motifs is 9. The highest BCUT2D eigenvalue weighted by Gasteiger charge is 2.18. The van der Waals surface area contributed by atoms with Gasteiger partial charge in [0.2, 0.25) is 0 Å². The highest BCUT2D eigenvalue weighted by atomic mass is 32.1. The molecule has 0 saturated carbocycles. The van der Waals surface area contributed by atoms with Gasteiger partial charge in [-0.05, 0) is 106 Å². The largest absolute Gasteiger partial charge is 0.309 e. The molecule has 266 valence electrons. The van der Waals surface area contributed by atoms with Gasteiger partial charge in [0.1, 0.15) is 0 Å². The molecule has 0 unspecified atom stereocenters. The van der Waals surface area contributed by atoms with Gasteiger partial charge in [0.25, 0.3) is 0 Å². The van der Waals surface area contributed by atoms with Crippen LogP contribution in [0.5, 0.6) is 0 Å². The zero-order valence-corrected chi connectivity index (χ0v) is 31.7. The van der Waals surface area contributed by atoms with Gasteiger partial charge in [-0.1, -0.05) is 133 Å². The van der Waals surface area contributed by atoms with E-state index in [0.717, 1.165) is 5.69 Å². The number of hydrogen-bond acceptors (Lipinski definition) is 1. The van der Waals surface area contributed by atoms with E-state index >= 15 is 0 Å². The molecule has 2 nitrogen and oxygen atoms in total. The van der Waals surface area contributed by atoms with E-state index in [2.05, 4.69) is 215 Å². The molecule has 3 aromatic heterocycles. The summed E-state index contributed by atoms with van der Waals surface area (Å²) in [5.74, 6) is 0. The number of aromatic nitrogens is 2. The van der Waals surface area contributed by atoms with E-state index in [-0.39, 0.29) is 0 Å². The molecular formula is C54H34N2S. The van der Waals surface area contributed by atoms with Crippen molar-refractivity contribution >= 4 is 75.1 Å². The summed E-state index contributed by atoms with van der Waals surface area (Å²) >= 11 is 1.88. The van der Waals surface area contributed by atoms with Gasteiger partial charge >= 0.3 is 0 Å². The van der Waals surface area contributed by atoms with Crippen molar-refractivity contribution in [1.82, 2.24) is 9.13 Å². The Balaban J connectivity index is 1.02. The summed E-state index contributed by atoms with van der Waals surface area (Å²) < 4.78 is 7.48. The molecule has 9 aromatic carbocycles. The van der Waals surface area contributed by atoms with Gasteiger partial charge in [-0.25, -0.2) is 0 Å². The van der Waals surface area contributed by atoms with Crippen molar-refractivity contribution in [3.8, 4) is 44.8 Å². The van der Waals surface area contributed by atoms with Crippen LogP contribution < -0.4 is 0 Å². The second-order valence-electron chi connectivity index (χ2n) is 14.9. The van der Waals surface area contributed by atoms with Crippen LogP contribution in [0.4, 0.5) is 0 Å².